The highest BCUT2D eigenvalue weighted by Crippen LogP contribution is 2.32. The molecule has 0 unspecified atom stereocenters. The van der Waals surface area contributed by atoms with Crippen molar-refractivity contribution >= 4 is 33.7 Å². The van der Waals surface area contributed by atoms with Gasteiger partial charge in [-0.15, -0.1) is 0 Å². The number of rotatable bonds is 0. The molecule has 0 saturated carbocycles. The largest absolute Gasteiger partial charge is 0.438 e. The van der Waals surface area contributed by atoms with Crippen molar-refractivity contribution in [1.29, 1.82) is 0 Å². The van der Waals surface area contributed by atoms with Crippen LogP contribution in [0.2, 0.25) is 5.02 Å². The van der Waals surface area contributed by atoms with E-state index in [-0.39, 0.29) is 0 Å². The van der Waals surface area contributed by atoms with Crippen molar-refractivity contribution in [3.05, 3.63) is 41.6 Å². The van der Waals surface area contributed by atoms with Crippen LogP contribution in [0.3, 0.4) is 0 Å². The van der Waals surface area contributed by atoms with Gasteiger partial charge in [0.05, 0.1) is 5.02 Å². The summed E-state index contributed by atoms with van der Waals surface area (Å²) in [6.45, 7) is 0. The molecule has 1 aromatic carbocycles. The molecule has 14 heavy (non-hydrogen) atoms. The van der Waals surface area contributed by atoms with E-state index in [0.717, 1.165) is 16.4 Å². The molecule has 0 saturated heterocycles. The van der Waals surface area contributed by atoms with Gasteiger partial charge in [-0.2, -0.15) is 0 Å². The number of furan rings is 1. The molecule has 0 bridgehead atoms. The topological polar surface area (TPSA) is 26.0 Å². The Morgan fingerprint density at radius 3 is 3.00 bits per heavy atom. The molecule has 0 N–H and O–H groups in total. The first-order chi connectivity index (χ1) is 6.86. The van der Waals surface area contributed by atoms with Gasteiger partial charge < -0.3 is 4.42 Å². The van der Waals surface area contributed by atoms with Gasteiger partial charge in [0.2, 0.25) is 5.71 Å². The molecule has 3 aromatic rings. The summed E-state index contributed by atoms with van der Waals surface area (Å²) in [5.74, 6) is 0. The van der Waals surface area contributed by atoms with Crippen molar-refractivity contribution in [3.8, 4) is 0 Å². The first-order valence-corrected chi connectivity index (χ1v) is 4.66. The first kappa shape index (κ1) is 7.83. The van der Waals surface area contributed by atoms with Crippen LogP contribution in [0.5, 0.6) is 0 Å². The molecular weight excluding hydrogens is 198 g/mol. The van der Waals surface area contributed by atoms with Crippen LogP contribution in [-0.4, -0.2) is 4.98 Å². The van der Waals surface area contributed by atoms with Gasteiger partial charge in [0.15, 0.2) is 0 Å². The van der Waals surface area contributed by atoms with E-state index in [1.54, 1.807) is 6.20 Å². The molecule has 0 aliphatic heterocycles. The molecule has 0 fully saturated rings. The summed E-state index contributed by atoms with van der Waals surface area (Å²) < 4.78 is 5.54. The molecule has 0 aliphatic carbocycles. The Hall–Kier alpha value is -1.54. The van der Waals surface area contributed by atoms with E-state index in [9.17, 15) is 0 Å². The fourth-order valence-electron chi connectivity index (χ4n) is 1.62. The summed E-state index contributed by atoms with van der Waals surface area (Å²) in [6, 6.07) is 9.45. The molecule has 3 rings (SSSR count). The maximum atomic E-state index is 6.09. The summed E-state index contributed by atoms with van der Waals surface area (Å²) in [5.41, 5.74) is 1.42. The monoisotopic (exact) mass is 203 g/mol. The Morgan fingerprint density at radius 1 is 1.14 bits per heavy atom. The predicted molar refractivity (Wildman–Crippen MR) is 56.5 cm³/mol. The van der Waals surface area contributed by atoms with Crippen molar-refractivity contribution in [2.75, 3.05) is 0 Å². The normalized spacial score (nSPS) is 11.2. The third kappa shape index (κ3) is 0.946. The van der Waals surface area contributed by atoms with Crippen LogP contribution in [0.15, 0.2) is 40.9 Å². The average molecular weight is 204 g/mol. The number of hydrogen-bond donors (Lipinski definition) is 0. The van der Waals surface area contributed by atoms with Gasteiger partial charge in [-0.05, 0) is 24.3 Å². The van der Waals surface area contributed by atoms with Crippen LogP contribution >= 0.6 is 11.6 Å². The van der Waals surface area contributed by atoms with E-state index in [2.05, 4.69) is 4.98 Å². The molecular formula is C11H6ClNO. The fourth-order valence-corrected chi connectivity index (χ4v) is 1.89. The Bertz CT molecular complexity index is 615. The quantitative estimate of drug-likeness (QED) is 0.558. The minimum atomic E-state index is 0.635. The molecule has 0 amide bonds. The van der Waals surface area contributed by atoms with E-state index in [4.69, 9.17) is 16.0 Å². The number of halogens is 1. The third-order valence-electron chi connectivity index (χ3n) is 2.22. The smallest absolute Gasteiger partial charge is 0.227 e. The van der Waals surface area contributed by atoms with Crippen LogP contribution in [0.4, 0.5) is 0 Å². The highest BCUT2D eigenvalue weighted by molar-refractivity contribution is 6.37. The molecule has 2 nitrogen and oxygen atoms in total. The van der Waals surface area contributed by atoms with Crippen LogP contribution in [0.1, 0.15) is 0 Å². The van der Waals surface area contributed by atoms with E-state index < -0.39 is 0 Å². The van der Waals surface area contributed by atoms with Gasteiger partial charge >= 0.3 is 0 Å². The Kier molecular flexibility index (Phi) is 1.52. The second kappa shape index (κ2) is 2.72. The molecule has 2 aromatic heterocycles. The van der Waals surface area contributed by atoms with E-state index in [1.807, 2.05) is 30.3 Å². The van der Waals surface area contributed by atoms with Gasteiger partial charge in [0.25, 0.3) is 0 Å². The summed E-state index contributed by atoms with van der Waals surface area (Å²) in [5, 5.41) is 2.61. The molecule has 0 atom stereocenters. The zero-order chi connectivity index (χ0) is 9.54. The van der Waals surface area contributed by atoms with E-state index >= 15 is 0 Å². The molecule has 2 heterocycles. The second-order valence-corrected chi connectivity index (χ2v) is 3.48. The van der Waals surface area contributed by atoms with Crippen molar-refractivity contribution < 1.29 is 4.42 Å². The number of pyridine rings is 1. The highest BCUT2D eigenvalue weighted by atomic mass is 35.5. The number of nitrogens with zero attached hydrogens (tertiary/aromatic N) is 1. The lowest BCUT2D eigenvalue weighted by molar-refractivity contribution is 0.654. The van der Waals surface area contributed by atoms with Crippen LogP contribution in [-0.2, 0) is 0 Å². The van der Waals surface area contributed by atoms with Gasteiger partial charge in [-0.1, -0.05) is 17.7 Å². The number of aromatic nitrogens is 1. The average Bonchev–Trinajstić information content (AvgIpc) is 2.57. The number of benzene rings is 1. The zero-order valence-electron chi connectivity index (χ0n) is 7.20. The fraction of sp³-hybridized carbons (Fsp3) is 0. The molecule has 0 spiro atoms. The maximum Gasteiger partial charge on any atom is 0.227 e. The van der Waals surface area contributed by atoms with Crippen LogP contribution in [0.25, 0.3) is 22.1 Å². The van der Waals surface area contributed by atoms with Crippen molar-refractivity contribution in [3.63, 3.8) is 0 Å². The highest BCUT2D eigenvalue weighted by Gasteiger charge is 2.09. The lowest BCUT2D eigenvalue weighted by Crippen LogP contribution is -1.70. The number of hydrogen-bond acceptors (Lipinski definition) is 2. The molecule has 3 heteroatoms. The lowest BCUT2D eigenvalue weighted by atomic mass is 10.2. The Morgan fingerprint density at radius 2 is 2.07 bits per heavy atom. The van der Waals surface area contributed by atoms with Gasteiger partial charge in [-0.3, -0.25) is 0 Å². The summed E-state index contributed by atoms with van der Waals surface area (Å²) in [4.78, 5) is 4.13. The molecule has 0 aliphatic rings. The summed E-state index contributed by atoms with van der Waals surface area (Å²) in [6.07, 6.45) is 1.71. The van der Waals surface area contributed by atoms with Gasteiger partial charge in [0, 0.05) is 17.0 Å². The van der Waals surface area contributed by atoms with Crippen molar-refractivity contribution in [2.45, 2.75) is 0 Å². The predicted octanol–water partition coefficient (Wildman–Crippen LogP) is 3.63. The summed E-state index contributed by atoms with van der Waals surface area (Å²) >= 11 is 6.09. The Labute approximate surface area is 85.1 Å². The second-order valence-electron chi connectivity index (χ2n) is 3.07. The van der Waals surface area contributed by atoms with Gasteiger partial charge in [0.1, 0.15) is 5.58 Å². The molecule has 0 radical (unpaired) electrons. The maximum absolute atomic E-state index is 6.09. The lowest BCUT2D eigenvalue weighted by Gasteiger charge is -1.90. The van der Waals surface area contributed by atoms with Crippen molar-refractivity contribution in [1.82, 2.24) is 4.98 Å². The number of fused-ring (bicyclic) bond motifs is 3. The first-order valence-electron chi connectivity index (χ1n) is 4.28. The standard InChI is InChI=1S/C11H6ClNO/c12-8-4-1-5-9-10(8)7-3-2-6-13-11(7)14-9/h1-6H. The zero-order valence-corrected chi connectivity index (χ0v) is 7.95. The third-order valence-corrected chi connectivity index (χ3v) is 2.54. The van der Waals surface area contributed by atoms with Gasteiger partial charge in [-0.25, -0.2) is 4.98 Å². The molecule has 68 valence electrons. The van der Waals surface area contributed by atoms with E-state index in [1.165, 1.54) is 0 Å². The minimum absolute atomic E-state index is 0.635. The minimum Gasteiger partial charge on any atom is -0.438 e. The van der Waals surface area contributed by atoms with Crippen LogP contribution in [0, 0.1) is 0 Å². The van der Waals surface area contributed by atoms with Crippen LogP contribution < -0.4 is 0 Å². The van der Waals surface area contributed by atoms with Crippen molar-refractivity contribution in [2.24, 2.45) is 0 Å². The van der Waals surface area contributed by atoms with E-state index in [0.29, 0.717) is 10.7 Å². The summed E-state index contributed by atoms with van der Waals surface area (Å²) in [7, 11) is 0. The Balaban J connectivity index is 2.65. The SMILES string of the molecule is Clc1cccc2oc3ncccc3c12.